The number of benzene rings is 3. The Morgan fingerprint density at radius 3 is 2.45 bits per heavy atom. The average molecular weight is 464 g/mol. The van der Waals surface area contributed by atoms with Crippen LogP contribution in [0.4, 0.5) is 5.69 Å². The van der Waals surface area contributed by atoms with E-state index in [1.165, 1.54) is 25.2 Å². The average Bonchev–Trinajstić information content (AvgIpc) is 2.83. The summed E-state index contributed by atoms with van der Waals surface area (Å²) >= 11 is 0. The van der Waals surface area contributed by atoms with Gasteiger partial charge in [-0.05, 0) is 42.8 Å². The van der Waals surface area contributed by atoms with Crippen molar-refractivity contribution in [3.05, 3.63) is 100 Å². The molecule has 0 bridgehead atoms. The molecule has 0 radical (unpaired) electrons. The highest BCUT2D eigenvalue weighted by atomic mass is 32.2. The predicted molar refractivity (Wildman–Crippen MR) is 125 cm³/mol. The summed E-state index contributed by atoms with van der Waals surface area (Å²) in [6.45, 7) is 1.51. The van der Waals surface area contributed by atoms with Gasteiger partial charge in [-0.3, -0.25) is 9.10 Å². The zero-order chi connectivity index (χ0) is 23.6. The lowest BCUT2D eigenvalue weighted by Gasteiger charge is -2.20. The van der Waals surface area contributed by atoms with Crippen LogP contribution in [0.3, 0.4) is 0 Å². The standard InChI is InChI=1S/C24H21N3O5S/c1-16-9-8-13-19-22(16)25-21(26-23(19)28)15-32-24(29)18-12-6-7-14-20(18)33(30,31)27(2)17-10-4-3-5-11-17/h3-14H,15H2,1-2H3,(H,25,26,28). The van der Waals surface area contributed by atoms with E-state index >= 15 is 0 Å². The number of rotatable bonds is 6. The van der Waals surface area contributed by atoms with Crippen LogP contribution in [-0.4, -0.2) is 31.4 Å². The van der Waals surface area contributed by atoms with Crippen molar-refractivity contribution in [3.63, 3.8) is 0 Å². The second kappa shape index (κ2) is 8.87. The molecule has 3 aromatic carbocycles. The molecule has 0 fully saturated rings. The molecule has 33 heavy (non-hydrogen) atoms. The van der Waals surface area contributed by atoms with Gasteiger partial charge in [-0.15, -0.1) is 0 Å². The number of nitrogens with one attached hydrogen (secondary N) is 1. The third-order valence-electron chi connectivity index (χ3n) is 5.19. The molecule has 0 unspecified atom stereocenters. The van der Waals surface area contributed by atoms with Crippen LogP contribution < -0.4 is 9.86 Å². The van der Waals surface area contributed by atoms with Crippen LogP contribution in [0.2, 0.25) is 0 Å². The molecular formula is C24H21N3O5S. The molecule has 4 aromatic rings. The number of H-pyrrole nitrogens is 1. The number of anilines is 1. The van der Waals surface area contributed by atoms with Crippen molar-refractivity contribution in [1.29, 1.82) is 0 Å². The maximum absolute atomic E-state index is 13.2. The van der Waals surface area contributed by atoms with E-state index in [9.17, 15) is 18.0 Å². The summed E-state index contributed by atoms with van der Waals surface area (Å²) in [7, 11) is -2.62. The molecule has 0 aliphatic heterocycles. The highest BCUT2D eigenvalue weighted by molar-refractivity contribution is 7.92. The van der Waals surface area contributed by atoms with Gasteiger partial charge in [0.05, 0.1) is 22.2 Å². The minimum absolute atomic E-state index is 0.111. The number of esters is 1. The Morgan fingerprint density at radius 1 is 1.00 bits per heavy atom. The van der Waals surface area contributed by atoms with E-state index in [0.29, 0.717) is 16.6 Å². The van der Waals surface area contributed by atoms with E-state index in [0.717, 1.165) is 9.87 Å². The number of aromatic nitrogens is 2. The van der Waals surface area contributed by atoms with Crippen molar-refractivity contribution < 1.29 is 17.9 Å². The molecule has 168 valence electrons. The molecule has 8 nitrogen and oxygen atoms in total. The van der Waals surface area contributed by atoms with Gasteiger partial charge >= 0.3 is 5.97 Å². The Bertz CT molecular complexity index is 1500. The van der Waals surface area contributed by atoms with Crippen LogP contribution in [0.25, 0.3) is 10.9 Å². The summed E-state index contributed by atoms with van der Waals surface area (Å²) in [6.07, 6.45) is 0. The first kappa shape index (κ1) is 22.2. The first-order valence-corrected chi connectivity index (χ1v) is 11.5. The van der Waals surface area contributed by atoms with Crippen LogP contribution in [0.15, 0.2) is 82.5 Å². The Labute approximate surface area is 190 Å². The van der Waals surface area contributed by atoms with Gasteiger partial charge in [0.15, 0.2) is 0 Å². The van der Waals surface area contributed by atoms with Gasteiger partial charge < -0.3 is 9.72 Å². The molecule has 0 atom stereocenters. The van der Waals surface area contributed by atoms with Gasteiger partial charge in [0.1, 0.15) is 17.3 Å². The molecule has 0 saturated heterocycles. The number of sulfonamides is 1. The Morgan fingerprint density at radius 2 is 1.70 bits per heavy atom. The molecule has 0 spiro atoms. The second-order valence-electron chi connectivity index (χ2n) is 7.36. The smallest absolute Gasteiger partial charge is 0.339 e. The van der Waals surface area contributed by atoms with E-state index in [-0.39, 0.29) is 28.4 Å². The van der Waals surface area contributed by atoms with E-state index in [1.54, 1.807) is 48.5 Å². The number of carbonyl (C=O) groups is 1. The summed E-state index contributed by atoms with van der Waals surface area (Å²) in [5, 5.41) is 0.436. The maximum Gasteiger partial charge on any atom is 0.339 e. The fourth-order valence-electron chi connectivity index (χ4n) is 3.42. The Kier molecular flexibility index (Phi) is 5.97. The molecule has 1 N–H and O–H groups in total. The van der Waals surface area contributed by atoms with Gasteiger partial charge in [-0.1, -0.05) is 42.5 Å². The van der Waals surface area contributed by atoms with Gasteiger partial charge in [0, 0.05) is 7.05 Å². The van der Waals surface area contributed by atoms with Crippen molar-refractivity contribution >= 4 is 32.6 Å². The number of aryl methyl sites for hydroxylation is 1. The number of hydrogen-bond acceptors (Lipinski definition) is 6. The molecule has 0 amide bonds. The Hall–Kier alpha value is -3.98. The summed E-state index contributed by atoms with van der Waals surface area (Å²) in [5.74, 6) is -0.681. The largest absolute Gasteiger partial charge is 0.454 e. The molecule has 0 aliphatic carbocycles. The zero-order valence-corrected chi connectivity index (χ0v) is 18.8. The van der Waals surface area contributed by atoms with Crippen molar-refractivity contribution in [3.8, 4) is 0 Å². The zero-order valence-electron chi connectivity index (χ0n) is 18.0. The van der Waals surface area contributed by atoms with E-state index < -0.39 is 16.0 Å². The van der Waals surface area contributed by atoms with Crippen molar-refractivity contribution in [1.82, 2.24) is 9.97 Å². The number of ether oxygens (including phenoxy) is 1. The maximum atomic E-state index is 13.2. The fraction of sp³-hybridized carbons (Fsp3) is 0.125. The first-order chi connectivity index (χ1) is 15.8. The fourth-order valence-corrected chi connectivity index (χ4v) is 4.79. The highest BCUT2D eigenvalue weighted by Gasteiger charge is 2.27. The molecule has 0 aliphatic rings. The highest BCUT2D eigenvalue weighted by Crippen LogP contribution is 2.25. The van der Waals surface area contributed by atoms with E-state index in [4.69, 9.17) is 4.74 Å². The predicted octanol–water partition coefficient (Wildman–Crippen LogP) is 3.41. The third-order valence-corrected chi connectivity index (χ3v) is 7.04. The monoisotopic (exact) mass is 463 g/mol. The molecule has 0 saturated carbocycles. The van der Waals surface area contributed by atoms with Crippen LogP contribution in [0.1, 0.15) is 21.7 Å². The number of carbonyl (C=O) groups excluding carboxylic acids is 1. The van der Waals surface area contributed by atoms with Crippen LogP contribution in [-0.2, 0) is 21.4 Å². The normalized spacial score (nSPS) is 11.3. The molecule has 4 rings (SSSR count). The van der Waals surface area contributed by atoms with E-state index in [2.05, 4.69) is 9.97 Å². The molecule has 9 heteroatoms. The lowest BCUT2D eigenvalue weighted by Crippen LogP contribution is -2.28. The topological polar surface area (TPSA) is 109 Å². The van der Waals surface area contributed by atoms with Gasteiger partial charge in [-0.2, -0.15) is 0 Å². The number of para-hydroxylation sites is 2. The van der Waals surface area contributed by atoms with Crippen molar-refractivity contribution in [2.24, 2.45) is 0 Å². The van der Waals surface area contributed by atoms with Crippen molar-refractivity contribution in [2.75, 3.05) is 11.4 Å². The first-order valence-electron chi connectivity index (χ1n) is 10.1. The summed E-state index contributed by atoms with van der Waals surface area (Å²) in [4.78, 5) is 32.0. The molecule has 1 heterocycles. The van der Waals surface area contributed by atoms with Gasteiger partial charge in [-0.25, -0.2) is 18.2 Å². The lowest BCUT2D eigenvalue weighted by atomic mass is 10.1. The van der Waals surface area contributed by atoms with Crippen LogP contribution in [0.5, 0.6) is 0 Å². The van der Waals surface area contributed by atoms with E-state index in [1.807, 2.05) is 13.0 Å². The quantitative estimate of drug-likeness (QED) is 0.439. The van der Waals surface area contributed by atoms with Gasteiger partial charge in [0.2, 0.25) is 0 Å². The lowest BCUT2D eigenvalue weighted by molar-refractivity contribution is 0.0457. The second-order valence-corrected chi connectivity index (χ2v) is 9.30. The van der Waals surface area contributed by atoms with Gasteiger partial charge in [0.25, 0.3) is 15.6 Å². The minimum Gasteiger partial charge on any atom is -0.454 e. The van der Waals surface area contributed by atoms with Crippen molar-refractivity contribution in [2.45, 2.75) is 18.4 Å². The van der Waals surface area contributed by atoms with Crippen LogP contribution >= 0.6 is 0 Å². The minimum atomic E-state index is -4.03. The number of nitrogens with zero attached hydrogens (tertiary/aromatic N) is 2. The van der Waals surface area contributed by atoms with Crippen LogP contribution in [0, 0.1) is 6.92 Å². The summed E-state index contributed by atoms with van der Waals surface area (Å²) < 4.78 is 32.9. The molecular weight excluding hydrogens is 442 g/mol. The summed E-state index contributed by atoms with van der Waals surface area (Å²) in [5.41, 5.74) is 1.32. The number of fused-ring (bicyclic) bond motifs is 1. The number of aromatic amines is 1. The number of hydrogen-bond donors (Lipinski definition) is 1. The Balaban J connectivity index is 1.61. The molecule has 1 aromatic heterocycles. The SMILES string of the molecule is Cc1cccc2c(=O)[nH]c(COC(=O)c3ccccc3S(=O)(=O)N(C)c3ccccc3)nc12. The third kappa shape index (κ3) is 4.35. The summed E-state index contributed by atoms with van der Waals surface area (Å²) in [6, 6.07) is 19.6.